The summed E-state index contributed by atoms with van der Waals surface area (Å²) < 4.78 is 5.64. The number of hydrogen-bond acceptors (Lipinski definition) is 5. The Labute approximate surface area is 120 Å². The Hall–Kier alpha value is -1.80. The second kappa shape index (κ2) is 7.11. The molecular weight excluding hydrogens is 252 g/mol. The monoisotopic (exact) mass is 274 g/mol. The van der Waals surface area contributed by atoms with Gasteiger partial charge in [0.25, 0.3) is 0 Å². The molecule has 108 valence electrons. The van der Waals surface area contributed by atoms with Crippen LogP contribution in [0.4, 0.5) is 5.82 Å². The average Bonchev–Trinajstić information content (AvgIpc) is 2.50. The van der Waals surface area contributed by atoms with Crippen LogP contribution in [0.1, 0.15) is 20.3 Å². The van der Waals surface area contributed by atoms with Crippen LogP contribution in [-0.2, 0) is 0 Å². The third kappa shape index (κ3) is 3.20. The molecule has 5 heteroatoms. The van der Waals surface area contributed by atoms with E-state index in [0.717, 1.165) is 44.2 Å². The first-order valence-electron chi connectivity index (χ1n) is 7.26. The molecule has 1 aromatic rings. The normalized spacial score (nSPS) is 17.6. The molecule has 1 fully saturated rings. The van der Waals surface area contributed by atoms with Crippen LogP contribution in [0.5, 0.6) is 5.75 Å². The van der Waals surface area contributed by atoms with E-state index in [-0.39, 0.29) is 6.04 Å². The first-order chi connectivity index (χ1) is 9.80. The van der Waals surface area contributed by atoms with Crippen molar-refractivity contribution in [1.29, 1.82) is 5.26 Å². The van der Waals surface area contributed by atoms with Gasteiger partial charge in [-0.15, -0.1) is 0 Å². The Morgan fingerprint density at radius 2 is 2.10 bits per heavy atom. The molecule has 0 aliphatic carbocycles. The summed E-state index contributed by atoms with van der Waals surface area (Å²) >= 11 is 0. The fourth-order valence-corrected chi connectivity index (χ4v) is 2.56. The summed E-state index contributed by atoms with van der Waals surface area (Å²) in [7, 11) is 0. The van der Waals surface area contributed by atoms with Gasteiger partial charge in [0.15, 0.2) is 11.6 Å². The number of nitriles is 1. The Morgan fingerprint density at radius 3 is 2.70 bits per heavy atom. The summed E-state index contributed by atoms with van der Waals surface area (Å²) in [5.41, 5.74) is 0. The van der Waals surface area contributed by atoms with Gasteiger partial charge in [0.2, 0.25) is 0 Å². The molecule has 1 unspecified atom stereocenters. The Morgan fingerprint density at radius 1 is 1.35 bits per heavy atom. The number of anilines is 1. The van der Waals surface area contributed by atoms with Crippen molar-refractivity contribution in [3.05, 3.63) is 18.3 Å². The summed E-state index contributed by atoms with van der Waals surface area (Å²) in [4.78, 5) is 8.94. The summed E-state index contributed by atoms with van der Waals surface area (Å²) in [6.07, 6.45) is 2.68. The highest BCUT2D eigenvalue weighted by Gasteiger charge is 2.24. The number of hydrogen-bond donors (Lipinski definition) is 0. The minimum atomic E-state index is 0.0345. The van der Waals surface area contributed by atoms with Crippen LogP contribution < -0.4 is 9.64 Å². The topological polar surface area (TPSA) is 52.4 Å². The number of ether oxygens (including phenoxy) is 1. The zero-order valence-corrected chi connectivity index (χ0v) is 12.2. The predicted octanol–water partition coefficient (Wildman–Crippen LogP) is 1.90. The number of pyridine rings is 1. The van der Waals surface area contributed by atoms with Gasteiger partial charge in [0.05, 0.1) is 18.7 Å². The lowest BCUT2D eigenvalue weighted by atomic mass is 10.2. The van der Waals surface area contributed by atoms with E-state index in [4.69, 9.17) is 10.00 Å². The maximum atomic E-state index is 9.14. The van der Waals surface area contributed by atoms with E-state index in [1.165, 1.54) is 0 Å². The Bertz CT molecular complexity index is 463. The summed E-state index contributed by atoms with van der Waals surface area (Å²) in [5, 5.41) is 9.14. The zero-order valence-electron chi connectivity index (χ0n) is 12.2. The summed E-state index contributed by atoms with van der Waals surface area (Å²) in [6, 6.07) is 6.27. The lowest BCUT2D eigenvalue weighted by Gasteiger charge is -2.37. The summed E-state index contributed by atoms with van der Waals surface area (Å²) in [5.74, 6) is 1.76. The molecule has 0 bridgehead atoms. The first kappa shape index (κ1) is 14.6. The van der Waals surface area contributed by atoms with Crippen LogP contribution >= 0.6 is 0 Å². The van der Waals surface area contributed by atoms with E-state index in [2.05, 4.69) is 27.8 Å². The van der Waals surface area contributed by atoms with E-state index in [1.54, 1.807) is 6.20 Å². The Kier molecular flexibility index (Phi) is 5.19. The molecule has 1 atom stereocenters. The fraction of sp³-hybridized carbons (Fsp3) is 0.600. The molecule has 20 heavy (non-hydrogen) atoms. The van der Waals surface area contributed by atoms with Crippen LogP contribution in [0.15, 0.2) is 18.3 Å². The highest BCUT2D eigenvalue weighted by atomic mass is 16.5. The van der Waals surface area contributed by atoms with Gasteiger partial charge in [0, 0.05) is 32.4 Å². The van der Waals surface area contributed by atoms with E-state index in [9.17, 15) is 0 Å². The molecule has 0 amide bonds. The predicted molar refractivity (Wildman–Crippen MR) is 78.9 cm³/mol. The molecule has 1 saturated heterocycles. The zero-order chi connectivity index (χ0) is 14.4. The molecule has 0 saturated carbocycles. The van der Waals surface area contributed by atoms with Gasteiger partial charge in [-0.25, -0.2) is 4.98 Å². The van der Waals surface area contributed by atoms with Crippen molar-refractivity contribution in [1.82, 2.24) is 9.88 Å². The van der Waals surface area contributed by atoms with Crippen LogP contribution in [0, 0.1) is 11.3 Å². The van der Waals surface area contributed by atoms with Crippen molar-refractivity contribution in [3.63, 3.8) is 0 Å². The van der Waals surface area contributed by atoms with Crippen molar-refractivity contribution in [2.24, 2.45) is 0 Å². The van der Waals surface area contributed by atoms with Crippen LogP contribution in [0.2, 0.25) is 0 Å². The standard InChI is InChI=1S/C15H22N4O/c1-3-13(12-16)18-8-10-19(11-9-18)15-14(20-4-2)6-5-7-17-15/h5-7,13H,3-4,8-11H2,1-2H3. The molecular formula is C15H22N4O. The number of nitrogens with zero attached hydrogens (tertiary/aromatic N) is 4. The second-order valence-electron chi connectivity index (χ2n) is 4.83. The van der Waals surface area contributed by atoms with Crippen LogP contribution in [0.25, 0.3) is 0 Å². The lowest BCUT2D eigenvalue weighted by Crippen LogP contribution is -2.50. The molecule has 1 aliphatic rings. The largest absolute Gasteiger partial charge is 0.490 e. The molecule has 0 aromatic carbocycles. The van der Waals surface area contributed by atoms with Gasteiger partial charge in [-0.3, -0.25) is 4.90 Å². The minimum Gasteiger partial charge on any atom is -0.490 e. The molecule has 5 nitrogen and oxygen atoms in total. The molecule has 0 radical (unpaired) electrons. The van der Waals surface area contributed by atoms with Gasteiger partial charge in [-0.1, -0.05) is 6.92 Å². The van der Waals surface area contributed by atoms with E-state index in [1.807, 2.05) is 19.1 Å². The van der Waals surface area contributed by atoms with Gasteiger partial charge < -0.3 is 9.64 Å². The van der Waals surface area contributed by atoms with Crippen molar-refractivity contribution in [2.45, 2.75) is 26.3 Å². The van der Waals surface area contributed by atoms with Crippen LogP contribution in [-0.4, -0.2) is 48.7 Å². The van der Waals surface area contributed by atoms with Gasteiger partial charge >= 0.3 is 0 Å². The third-order valence-corrected chi connectivity index (χ3v) is 3.64. The van der Waals surface area contributed by atoms with E-state index < -0.39 is 0 Å². The van der Waals surface area contributed by atoms with Crippen molar-refractivity contribution < 1.29 is 4.74 Å². The SMILES string of the molecule is CCOc1cccnc1N1CCN(C(C#N)CC)CC1. The molecule has 1 aromatic heterocycles. The number of rotatable bonds is 5. The average molecular weight is 274 g/mol. The molecule has 1 aliphatic heterocycles. The molecule has 2 heterocycles. The van der Waals surface area contributed by atoms with E-state index >= 15 is 0 Å². The first-order valence-corrected chi connectivity index (χ1v) is 7.26. The minimum absolute atomic E-state index is 0.0345. The quantitative estimate of drug-likeness (QED) is 0.821. The van der Waals surface area contributed by atoms with Crippen LogP contribution in [0.3, 0.4) is 0 Å². The molecule has 0 spiro atoms. The van der Waals surface area contributed by atoms with Crippen molar-refractivity contribution >= 4 is 5.82 Å². The number of piperazine rings is 1. The van der Waals surface area contributed by atoms with Gasteiger partial charge in [-0.05, 0) is 25.5 Å². The molecule has 2 rings (SSSR count). The molecule has 0 N–H and O–H groups in total. The second-order valence-corrected chi connectivity index (χ2v) is 4.83. The third-order valence-electron chi connectivity index (χ3n) is 3.64. The number of aromatic nitrogens is 1. The van der Waals surface area contributed by atoms with Crippen molar-refractivity contribution in [2.75, 3.05) is 37.7 Å². The maximum absolute atomic E-state index is 9.14. The Balaban J connectivity index is 2.02. The smallest absolute Gasteiger partial charge is 0.171 e. The fourth-order valence-electron chi connectivity index (χ4n) is 2.56. The van der Waals surface area contributed by atoms with Crippen molar-refractivity contribution in [3.8, 4) is 11.8 Å². The lowest BCUT2D eigenvalue weighted by molar-refractivity contribution is 0.215. The highest BCUT2D eigenvalue weighted by Crippen LogP contribution is 2.26. The maximum Gasteiger partial charge on any atom is 0.171 e. The van der Waals surface area contributed by atoms with Gasteiger partial charge in [-0.2, -0.15) is 5.26 Å². The highest BCUT2D eigenvalue weighted by molar-refractivity contribution is 5.52. The van der Waals surface area contributed by atoms with Gasteiger partial charge in [0.1, 0.15) is 0 Å². The van der Waals surface area contributed by atoms with E-state index in [0.29, 0.717) is 6.61 Å². The summed E-state index contributed by atoms with van der Waals surface area (Å²) in [6.45, 7) is 8.25.